The van der Waals surface area contributed by atoms with Gasteiger partial charge < -0.3 is 24.3 Å². The normalized spacial score (nSPS) is 16.8. The molecule has 0 bridgehead atoms. The van der Waals surface area contributed by atoms with Crippen molar-refractivity contribution in [1.82, 2.24) is 18.9 Å². The van der Waals surface area contributed by atoms with E-state index >= 15 is 0 Å². The Balaban J connectivity index is 1.56. The highest BCUT2D eigenvalue weighted by molar-refractivity contribution is 5.87. The summed E-state index contributed by atoms with van der Waals surface area (Å²) < 4.78 is 9.85. The molecule has 6 nitrogen and oxygen atoms in total. The predicted octanol–water partition coefficient (Wildman–Crippen LogP) is 4.30. The minimum absolute atomic E-state index is 0.221. The van der Waals surface area contributed by atoms with E-state index in [-0.39, 0.29) is 6.04 Å². The minimum atomic E-state index is 0.221. The van der Waals surface area contributed by atoms with Gasteiger partial charge >= 0.3 is 0 Å². The van der Waals surface area contributed by atoms with Crippen molar-refractivity contribution in [3.05, 3.63) is 66.5 Å². The first-order valence-corrected chi connectivity index (χ1v) is 11.3. The van der Waals surface area contributed by atoms with Crippen molar-refractivity contribution >= 4 is 22.2 Å². The number of nitrogens with zero attached hydrogens (tertiary/aromatic N) is 4. The smallest absolute Gasteiger partial charge is 0.138 e. The van der Waals surface area contributed by atoms with Crippen molar-refractivity contribution in [3.8, 4) is 11.4 Å². The van der Waals surface area contributed by atoms with E-state index in [0.29, 0.717) is 6.61 Å². The average molecular weight is 430 g/mol. The molecule has 0 radical (unpaired) electrons. The molecule has 0 amide bonds. The van der Waals surface area contributed by atoms with Crippen molar-refractivity contribution < 1.29 is 4.74 Å². The van der Waals surface area contributed by atoms with E-state index in [1.165, 1.54) is 10.9 Å². The predicted molar refractivity (Wildman–Crippen MR) is 131 cm³/mol. The van der Waals surface area contributed by atoms with Crippen LogP contribution in [0.4, 0.5) is 0 Å². The first kappa shape index (κ1) is 20.8. The van der Waals surface area contributed by atoms with E-state index in [0.717, 1.165) is 66.5 Å². The number of rotatable bonds is 6. The number of fused-ring (bicyclic) bond motifs is 2. The topological polar surface area (TPSA) is 60.7 Å². The van der Waals surface area contributed by atoms with Crippen LogP contribution in [0.3, 0.4) is 0 Å². The largest absolute Gasteiger partial charge is 0.383 e. The third-order valence-electron chi connectivity index (χ3n) is 6.61. The first-order valence-electron chi connectivity index (χ1n) is 11.3. The van der Waals surface area contributed by atoms with Gasteiger partial charge in [-0.15, -0.1) is 0 Å². The Bertz CT molecular complexity index is 1280. The van der Waals surface area contributed by atoms with E-state index in [1.807, 2.05) is 0 Å². The number of benzene rings is 1. The molecule has 0 aliphatic carbocycles. The monoisotopic (exact) mass is 429 g/mol. The van der Waals surface area contributed by atoms with Crippen molar-refractivity contribution in [2.24, 2.45) is 5.73 Å². The maximum absolute atomic E-state index is 6.19. The molecule has 1 atom stereocenters. The van der Waals surface area contributed by atoms with Crippen LogP contribution in [0.15, 0.2) is 55.2 Å². The molecule has 3 aromatic heterocycles. The Kier molecular flexibility index (Phi) is 5.49. The molecule has 166 valence electrons. The molecular weight excluding hydrogens is 398 g/mol. The molecule has 4 aromatic rings. The lowest BCUT2D eigenvalue weighted by molar-refractivity contribution is 0.189. The third kappa shape index (κ3) is 3.59. The van der Waals surface area contributed by atoms with Crippen LogP contribution in [0, 0.1) is 6.92 Å². The van der Waals surface area contributed by atoms with Crippen LogP contribution in [0.2, 0.25) is 0 Å². The van der Waals surface area contributed by atoms with Gasteiger partial charge in [-0.25, -0.2) is 4.98 Å². The summed E-state index contributed by atoms with van der Waals surface area (Å²) in [5.74, 6) is 0. The fourth-order valence-corrected chi connectivity index (χ4v) is 4.86. The molecule has 1 fully saturated rings. The summed E-state index contributed by atoms with van der Waals surface area (Å²) in [6.07, 6.45) is 4.30. The molecule has 32 heavy (non-hydrogen) atoms. The summed E-state index contributed by atoms with van der Waals surface area (Å²) >= 11 is 0. The third-order valence-corrected chi connectivity index (χ3v) is 6.61. The van der Waals surface area contributed by atoms with Crippen molar-refractivity contribution in [2.45, 2.75) is 32.4 Å². The SMILES string of the molecule is C=C(c1ccn2c(C)c(-c3cc4ccccc4n3CCOC)nc2c1)N1CCCC(N)C1. The first-order chi connectivity index (χ1) is 15.6. The van der Waals surface area contributed by atoms with Crippen LogP contribution in [0.1, 0.15) is 24.1 Å². The molecule has 4 heterocycles. The molecular formula is C26H31N5O. The molecule has 1 aliphatic heterocycles. The van der Waals surface area contributed by atoms with Crippen molar-refractivity contribution in [3.63, 3.8) is 0 Å². The van der Waals surface area contributed by atoms with Gasteiger partial charge in [0.25, 0.3) is 0 Å². The van der Waals surface area contributed by atoms with Crippen LogP contribution in [-0.2, 0) is 11.3 Å². The standard InChI is InChI=1S/C26H31N5O/c1-18(29-11-6-8-22(27)17-29)20-10-12-30-19(2)26(28-25(30)16-20)24-15-21-7-4-5-9-23(21)31(24)13-14-32-3/h4-5,7,9-10,12,15-16,22H,1,6,8,11,13-14,17,27H2,2-3H3. The summed E-state index contributed by atoms with van der Waals surface area (Å²) in [5.41, 5.74) is 13.7. The zero-order chi connectivity index (χ0) is 22.2. The second-order valence-electron chi connectivity index (χ2n) is 8.72. The Morgan fingerprint density at radius 2 is 2.09 bits per heavy atom. The number of methoxy groups -OCH3 is 1. The zero-order valence-corrected chi connectivity index (χ0v) is 18.9. The Morgan fingerprint density at radius 1 is 1.25 bits per heavy atom. The molecule has 6 heteroatoms. The van der Waals surface area contributed by atoms with Gasteiger partial charge in [-0.3, -0.25) is 0 Å². The van der Waals surface area contributed by atoms with Crippen LogP contribution < -0.4 is 5.73 Å². The summed E-state index contributed by atoms with van der Waals surface area (Å²) in [5, 5.41) is 1.21. The van der Waals surface area contributed by atoms with Crippen LogP contribution in [0.25, 0.3) is 33.6 Å². The number of hydrogen-bond acceptors (Lipinski definition) is 4. The van der Waals surface area contributed by atoms with Gasteiger partial charge in [0.1, 0.15) is 11.3 Å². The Labute approximate surface area is 188 Å². The lowest BCUT2D eigenvalue weighted by atomic mass is 10.0. The van der Waals surface area contributed by atoms with Gasteiger partial charge in [-0.1, -0.05) is 24.8 Å². The molecule has 1 saturated heterocycles. The lowest BCUT2D eigenvalue weighted by Gasteiger charge is -2.34. The Morgan fingerprint density at radius 3 is 2.91 bits per heavy atom. The summed E-state index contributed by atoms with van der Waals surface area (Å²) in [6.45, 7) is 9.81. The van der Waals surface area contributed by atoms with E-state index in [2.05, 4.69) is 76.0 Å². The number of hydrogen-bond donors (Lipinski definition) is 1. The number of pyridine rings is 1. The molecule has 0 saturated carbocycles. The number of imidazole rings is 1. The second-order valence-corrected chi connectivity index (χ2v) is 8.72. The van der Waals surface area contributed by atoms with Gasteiger partial charge in [0, 0.05) is 66.8 Å². The van der Waals surface area contributed by atoms with Crippen LogP contribution in [-0.4, -0.2) is 51.7 Å². The maximum atomic E-state index is 6.19. The van der Waals surface area contributed by atoms with E-state index < -0.39 is 0 Å². The van der Waals surface area contributed by atoms with Gasteiger partial charge in [-0.05, 0) is 44.0 Å². The number of ether oxygens (including phenoxy) is 1. The maximum Gasteiger partial charge on any atom is 0.138 e. The van der Waals surface area contributed by atoms with Gasteiger partial charge in [0.2, 0.25) is 0 Å². The van der Waals surface area contributed by atoms with E-state index in [1.54, 1.807) is 7.11 Å². The van der Waals surface area contributed by atoms with E-state index in [4.69, 9.17) is 15.5 Å². The highest BCUT2D eigenvalue weighted by atomic mass is 16.5. The summed E-state index contributed by atoms with van der Waals surface area (Å²) in [4.78, 5) is 7.37. The molecule has 1 aliphatic rings. The molecule has 0 spiro atoms. The molecule has 1 aromatic carbocycles. The summed E-state index contributed by atoms with van der Waals surface area (Å²) in [6, 6.07) is 15.2. The van der Waals surface area contributed by atoms with Gasteiger partial charge in [0.15, 0.2) is 0 Å². The number of likely N-dealkylation sites (tertiary alicyclic amines) is 1. The van der Waals surface area contributed by atoms with Crippen molar-refractivity contribution in [1.29, 1.82) is 0 Å². The fourth-order valence-electron chi connectivity index (χ4n) is 4.86. The average Bonchev–Trinajstić information content (AvgIpc) is 3.34. The number of aromatic nitrogens is 3. The van der Waals surface area contributed by atoms with E-state index in [9.17, 15) is 0 Å². The number of piperidine rings is 1. The number of para-hydroxylation sites is 1. The van der Waals surface area contributed by atoms with Crippen molar-refractivity contribution in [2.75, 3.05) is 26.8 Å². The molecule has 2 N–H and O–H groups in total. The van der Waals surface area contributed by atoms with Crippen LogP contribution in [0.5, 0.6) is 0 Å². The zero-order valence-electron chi connectivity index (χ0n) is 18.9. The highest BCUT2D eigenvalue weighted by Gasteiger charge is 2.20. The Hall–Kier alpha value is -3.09. The molecule has 1 unspecified atom stereocenters. The number of aryl methyl sites for hydroxylation is 1. The van der Waals surface area contributed by atoms with Gasteiger partial charge in [0.05, 0.1) is 12.3 Å². The highest BCUT2D eigenvalue weighted by Crippen LogP contribution is 2.31. The minimum Gasteiger partial charge on any atom is -0.383 e. The second kappa shape index (κ2) is 8.45. The molecule has 5 rings (SSSR count). The number of nitrogens with two attached hydrogens (primary N) is 1. The van der Waals surface area contributed by atoms with Gasteiger partial charge in [-0.2, -0.15) is 0 Å². The summed E-state index contributed by atoms with van der Waals surface area (Å²) in [7, 11) is 1.74. The quantitative estimate of drug-likeness (QED) is 0.496. The lowest BCUT2D eigenvalue weighted by Crippen LogP contribution is -2.41. The fraction of sp³-hybridized carbons (Fsp3) is 0.346. The van der Waals surface area contributed by atoms with Crippen LogP contribution >= 0.6 is 0 Å².